The van der Waals surface area contributed by atoms with Gasteiger partial charge in [0.1, 0.15) is 5.75 Å². The number of para-hydroxylation sites is 1. The van der Waals surface area contributed by atoms with Gasteiger partial charge in [-0.05, 0) is 48.1 Å². The van der Waals surface area contributed by atoms with Gasteiger partial charge in [0.25, 0.3) is 0 Å². The van der Waals surface area contributed by atoms with Crippen molar-refractivity contribution in [2.24, 2.45) is 0 Å². The molecule has 1 aliphatic heterocycles. The van der Waals surface area contributed by atoms with Crippen molar-refractivity contribution in [3.05, 3.63) is 27.8 Å². The Kier molecular flexibility index (Phi) is 11.0. The van der Waals surface area contributed by atoms with Crippen LogP contribution >= 0.6 is 47.4 Å². The quantitative estimate of drug-likeness (QED) is 0.571. The second-order valence-corrected chi connectivity index (χ2v) is 5.88. The topological polar surface area (TPSA) is 24.5 Å². The van der Waals surface area contributed by atoms with Crippen molar-refractivity contribution in [1.82, 2.24) is 10.2 Å². The minimum absolute atomic E-state index is 0. The van der Waals surface area contributed by atoms with E-state index >= 15 is 0 Å². The predicted molar refractivity (Wildman–Crippen MR) is 97.7 cm³/mol. The molecule has 0 aromatic heterocycles. The van der Waals surface area contributed by atoms with Crippen molar-refractivity contribution in [3.63, 3.8) is 0 Å². The normalized spacial score (nSPS) is 18.8. The summed E-state index contributed by atoms with van der Waals surface area (Å²) in [6, 6.07) is 8.83. The van der Waals surface area contributed by atoms with E-state index in [9.17, 15) is 0 Å². The Balaban J connectivity index is 0.00000180. The molecule has 116 valence electrons. The van der Waals surface area contributed by atoms with Crippen LogP contribution in [-0.4, -0.2) is 43.7 Å². The van der Waals surface area contributed by atoms with Crippen LogP contribution in [-0.2, 0) is 0 Å². The maximum atomic E-state index is 5.81. The summed E-state index contributed by atoms with van der Waals surface area (Å²) in [6.45, 7) is 7.60. The van der Waals surface area contributed by atoms with Gasteiger partial charge in [0.15, 0.2) is 0 Å². The number of rotatable bonds is 5. The highest BCUT2D eigenvalue weighted by molar-refractivity contribution is 14.1. The van der Waals surface area contributed by atoms with E-state index in [0.29, 0.717) is 6.04 Å². The van der Waals surface area contributed by atoms with Gasteiger partial charge in [0, 0.05) is 32.2 Å². The zero-order chi connectivity index (χ0) is 12.8. The summed E-state index contributed by atoms with van der Waals surface area (Å²) >= 11 is 2.31. The first-order chi connectivity index (χ1) is 8.77. The molecular formula is C14H23Cl2IN2O. The molecule has 0 spiro atoms. The van der Waals surface area contributed by atoms with Crippen molar-refractivity contribution < 1.29 is 4.74 Å². The van der Waals surface area contributed by atoms with E-state index in [0.717, 1.165) is 45.0 Å². The van der Waals surface area contributed by atoms with Gasteiger partial charge in [-0.3, -0.25) is 4.90 Å². The average Bonchev–Trinajstić information content (AvgIpc) is 2.38. The molecule has 0 saturated carbocycles. The van der Waals surface area contributed by atoms with Crippen LogP contribution in [0.4, 0.5) is 0 Å². The highest BCUT2D eigenvalue weighted by Gasteiger charge is 2.16. The third-order valence-electron chi connectivity index (χ3n) is 3.32. The number of piperazine rings is 1. The smallest absolute Gasteiger partial charge is 0.132 e. The van der Waals surface area contributed by atoms with E-state index in [1.165, 1.54) is 3.57 Å². The molecule has 2 rings (SSSR count). The molecule has 1 saturated heterocycles. The SMILES string of the molecule is C[C@@H]1CNCCN1CCCOc1ccccc1I.Cl.Cl. The fourth-order valence-corrected chi connectivity index (χ4v) is 2.77. The van der Waals surface area contributed by atoms with Crippen LogP contribution in [0.3, 0.4) is 0 Å². The maximum Gasteiger partial charge on any atom is 0.132 e. The average molecular weight is 433 g/mol. The number of nitrogens with zero attached hydrogens (tertiary/aromatic N) is 1. The molecule has 20 heavy (non-hydrogen) atoms. The minimum atomic E-state index is 0. The second kappa shape index (κ2) is 10.9. The summed E-state index contributed by atoms with van der Waals surface area (Å²) in [4.78, 5) is 2.54. The first-order valence-corrected chi connectivity index (χ1v) is 7.67. The molecule has 1 aromatic carbocycles. The number of ether oxygens (including phenoxy) is 1. The Bertz CT molecular complexity index is 382. The first kappa shape index (κ1) is 20.2. The summed E-state index contributed by atoms with van der Waals surface area (Å²) in [5.41, 5.74) is 0. The van der Waals surface area contributed by atoms with Crippen molar-refractivity contribution in [2.45, 2.75) is 19.4 Å². The number of hydrogen-bond donors (Lipinski definition) is 1. The molecular weight excluding hydrogens is 410 g/mol. The Morgan fingerprint density at radius 2 is 2.10 bits per heavy atom. The molecule has 1 fully saturated rings. The lowest BCUT2D eigenvalue weighted by molar-refractivity contribution is 0.160. The number of nitrogens with one attached hydrogen (secondary N) is 1. The van der Waals surface area contributed by atoms with Crippen LogP contribution in [0.5, 0.6) is 5.75 Å². The summed E-state index contributed by atoms with van der Waals surface area (Å²) in [7, 11) is 0. The van der Waals surface area contributed by atoms with E-state index in [-0.39, 0.29) is 24.8 Å². The van der Waals surface area contributed by atoms with Crippen LogP contribution in [0.15, 0.2) is 24.3 Å². The van der Waals surface area contributed by atoms with Crippen LogP contribution < -0.4 is 10.1 Å². The van der Waals surface area contributed by atoms with E-state index in [1.54, 1.807) is 0 Å². The summed E-state index contributed by atoms with van der Waals surface area (Å²) < 4.78 is 7.00. The number of hydrogen-bond acceptors (Lipinski definition) is 3. The molecule has 1 atom stereocenters. The van der Waals surface area contributed by atoms with Gasteiger partial charge in [-0.15, -0.1) is 24.8 Å². The Labute approximate surface area is 147 Å². The van der Waals surface area contributed by atoms with Gasteiger partial charge in [0.2, 0.25) is 0 Å². The highest BCUT2D eigenvalue weighted by Crippen LogP contribution is 2.19. The summed E-state index contributed by atoms with van der Waals surface area (Å²) in [5.74, 6) is 1.01. The molecule has 6 heteroatoms. The molecule has 0 unspecified atom stereocenters. The third kappa shape index (κ3) is 6.35. The van der Waals surface area contributed by atoms with Crippen LogP contribution in [0, 0.1) is 3.57 Å². The van der Waals surface area contributed by atoms with Crippen LogP contribution in [0.25, 0.3) is 0 Å². The largest absolute Gasteiger partial charge is 0.492 e. The Morgan fingerprint density at radius 1 is 1.35 bits per heavy atom. The molecule has 3 nitrogen and oxygen atoms in total. The molecule has 1 heterocycles. The van der Waals surface area contributed by atoms with Gasteiger partial charge in [0.05, 0.1) is 10.2 Å². The monoisotopic (exact) mass is 432 g/mol. The van der Waals surface area contributed by atoms with Gasteiger partial charge < -0.3 is 10.1 Å². The van der Waals surface area contributed by atoms with Crippen molar-refractivity contribution in [2.75, 3.05) is 32.8 Å². The molecule has 1 N–H and O–H groups in total. The predicted octanol–water partition coefficient (Wildman–Crippen LogP) is 3.20. The van der Waals surface area contributed by atoms with Gasteiger partial charge in [-0.1, -0.05) is 12.1 Å². The van der Waals surface area contributed by atoms with Crippen LogP contribution in [0.1, 0.15) is 13.3 Å². The van der Waals surface area contributed by atoms with Gasteiger partial charge in [-0.2, -0.15) is 0 Å². The minimum Gasteiger partial charge on any atom is -0.492 e. The highest BCUT2D eigenvalue weighted by atomic mass is 127. The van der Waals surface area contributed by atoms with Crippen molar-refractivity contribution >= 4 is 47.4 Å². The molecule has 0 radical (unpaired) electrons. The lowest BCUT2D eigenvalue weighted by Crippen LogP contribution is -2.50. The van der Waals surface area contributed by atoms with Gasteiger partial charge in [-0.25, -0.2) is 0 Å². The van der Waals surface area contributed by atoms with Crippen molar-refractivity contribution in [3.8, 4) is 5.75 Å². The zero-order valence-corrected chi connectivity index (χ0v) is 15.5. The first-order valence-electron chi connectivity index (χ1n) is 6.59. The van der Waals surface area contributed by atoms with E-state index in [2.05, 4.69) is 45.8 Å². The Hall–Kier alpha value is 0.250. The molecule has 0 aliphatic carbocycles. The lowest BCUT2D eigenvalue weighted by Gasteiger charge is -2.33. The zero-order valence-electron chi connectivity index (χ0n) is 11.7. The molecule has 0 amide bonds. The maximum absolute atomic E-state index is 5.81. The lowest BCUT2D eigenvalue weighted by atomic mass is 10.2. The van der Waals surface area contributed by atoms with E-state index < -0.39 is 0 Å². The Morgan fingerprint density at radius 3 is 2.80 bits per heavy atom. The van der Waals surface area contributed by atoms with E-state index in [4.69, 9.17) is 4.74 Å². The van der Waals surface area contributed by atoms with Gasteiger partial charge >= 0.3 is 0 Å². The fraction of sp³-hybridized carbons (Fsp3) is 0.571. The third-order valence-corrected chi connectivity index (χ3v) is 4.21. The second-order valence-electron chi connectivity index (χ2n) is 4.72. The fourth-order valence-electron chi connectivity index (χ4n) is 2.23. The summed E-state index contributed by atoms with van der Waals surface area (Å²) in [5, 5.41) is 3.41. The number of halogens is 3. The molecule has 1 aliphatic rings. The molecule has 1 aromatic rings. The van der Waals surface area contributed by atoms with E-state index in [1.807, 2.05) is 18.2 Å². The number of benzene rings is 1. The molecule has 0 bridgehead atoms. The summed E-state index contributed by atoms with van der Waals surface area (Å²) in [6.07, 6.45) is 1.09. The van der Waals surface area contributed by atoms with Crippen LogP contribution in [0.2, 0.25) is 0 Å². The van der Waals surface area contributed by atoms with Crippen molar-refractivity contribution in [1.29, 1.82) is 0 Å². The standard InChI is InChI=1S/C14H21IN2O.2ClH/c1-12-11-16-7-9-17(12)8-4-10-18-14-6-3-2-5-13(14)15;;/h2-3,5-6,12,16H,4,7-11H2,1H3;2*1H/t12-;;/m1../s1.